The molecule has 1 aliphatic heterocycles. The molecule has 20 heavy (non-hydrogen) atoms. The van der Waals surface area contributed by atoms with Crippen molar-refractivity contribution >= 4 is 5.91 Å². The first-order valence-corrected chi connectivity index (χ1v) is 6.75. The molecule has 1 aliphatic rings. The van der Waals surface area contributed by atoms with Crippen LogP contribution in [0, 0.1) is 5.41 Å². The lowest BCUT2D eigenvalue weighted by atomic mass is 9.84. The minimum absolute atomic E-state index is 0.0715. The Morgan fingerprint density at radius 2 is 2.35 bits per heavy atom. The number of ether oxygens (including phenoxy) is 2. The number of rotatable bonds is 4. The number of carbonyl (C=O) groups is 1. The van der Waals surface area contributed by atoms with Crippen LogP contribution in [0.15, 0.2) is 24.3 Å². The number of benzene rings is 1. The maximum atomic E-state index is 12.4. The van der Waals surface area contributed by atoms with Crippen LogP contribution in [-0.2, 0) is 9.53 Å². The van der Waals surface area contributed by atoms with Crippen molar-refractivity contribution in [2.75, 3.05) is 20.3 Å². The predicted molar refractivity (Wildman–Crippen MR) is 76.5 cm³/mol. The maximum absolute atomic E-state index is 12.4. The SMILES string of the molecule is COc1cccc(C(C)NC(=O)C2(C)COCC2N)c1. The van der Waals surface area contributed by atoms with E-state index in [1.165, 1.54) is 0 Å². The highest BCUT2D eigenvalue weighted by molar-refractivity contribution is 5.84. The minimum atomic E-state index is -0.660. The number of hydrogen-bond donors (Lipinski definition) is 2. The minimum Gasteiger partial charge on any atom is -0.497 e. The molecule has 5 nitrogen and oxygen atoms in total. The van der Waals surface area contributed by atoms with Crippen molar-refractivity contribution in [1.29, 1.82) is 0 Å². The topological polar surface area (TPSA) is 73.6 Å². The number of methoxy groups -OCH3 is 1. The van der Waals surface area contributed by atoms with Crippen LogP contribution >= 0.6 is 0 Å². The van der Waals surface area contributed by atoms with E-state index >= 15 is 0 Å². The van der Waals surface area contributed by atoms with Crippen LogP contribution in [0.5, 0.6) is 5.75 Å². The Labute approximate surface area is 119 Å². The quantitative estimate of drug-likeness (QED) is 0.869. The summed E-state index contributed by atoms with van der Waals surface area (Å²) in [5.41, 5.74) is 6.30. The number of amides is 1. The summed E-state index contributed by atoms with van der Waals surface area (Å²) in [4.78, 5) is 12.4. The molecule has 0 aromatic heterocycles. The molecule has 0 saturated carbocycles. The molecule has 1 saturated heterocycles. The molecule has 1 aromatic rings. The molecule has 0 radical (unpaired) electrons. The third-order valence-corrected chi connectivity index (χ3v) is 3.98. The number of carbonyl (C=O) groups excluding carboxylic acids is 1. The van der Waals surface area contributed by atoms with Gasteiger partial charge >= 0.3 is 0 Å². The van der Waals surface area contributed by atoms with Crippen molar-refractivity contribution in [2.24, 2.45) is 11.1 Å². The Hall–Kier alpha value is -1.59. The molecule has 5 heteroatoms. The van der Waals surface area contributed by atoms with E-state index in [2.05, 4.69) is 5.32 Å². The standard InChI is InChI=1S/C15H22N2O3/c1-10(11-5-4-6-12(7-11)19-3)17-14(18)15(2)9-20-8-13(15)16/h4-7,10,13H,8-9,16H2,1-3H3,(H,17,18). The Bertz CT molecular complexity index is 492. The van der Waals surface area contributed by atoms with Gasteiger partial charge in [0, 0.05) is 6.04 Å². The summed E-state index contributed by atoms with van der Waals surface area (Å²) >= 11 is 0. The fourth-order valence-electron chi connectivity index (χ4n) is 2.28. The lowest BCUT2D eigenvalue weighted by Crippen LogP contribution is -2.50. The van der Waals surface area contributed by atoms with Crippen molar-refractivity contribution in [2.45, 2.75) is 25.9 Å². The normalized spacial score (nSPS) is 27.1. The Morgan fingerprint density at radius 1 is 1.60 bits per heavy atom. The Morgan fingerprint density at radius 3 is 2.95 bits per heavy atom. The number of hydrogen-bond acceptors (Lipinski definition) is 4. The molecular weight excluding hydrogens is 256 g/mol. The van der Waals surface area contributed by atoms with Gasteiger partial charge in [-0.25, -0.2) is 0 Å². The molecule has 3 atom stereocenters. The summed E-state index contributed by atoms with van der Waals surface area (Å²) in [5.74, 6) is 0.702. The van der Waals surface area contributed by atoms with Gasteiger partial charge in [0.1, 0.15) is 5.75 Å². The monoisotopic (exact) mass is 278 g/mol. The van der Waals surface area contributed by atoms with Crippen LogP contribution in [0.25, 0.3) is 0 Å². The van der Waals surface area contributed by atoms with Gasteiger partial charge in [-0.1, -0.05) is 12.1 Å². The van der Waals surface area contributed by atoms with Crippen molar-refractivity contribution in [3.8, 4) is 5.75 Å². The van der Waals surface area contributed by atoms with Gasteiger partial charge in [0.25, 0.3) is 0 Å². The molecule has 2 rings (SSSR count). The molecule has 0 spiro atoms. The van der Waals surface area contributed by atoms with Gasteiger partial charge in [0.05, 0.1) is 31.8 Å². The molecule has 1 fully saturated rings. The molecule has 1 aromatic carbocycles. The van der Waals surface area contributed by atoms with Crippen LogP contribution in [-0.4, -0.2) is 32.3 Å². The van der Waals surface area contributed by atoms with E-state index in [0.717, 1.165) is 11.3 Å². The summed E-state index contributed by atoms with van der Waals surface area (Å²) in [7, 11) is 1.62. The van der Waals surface area contributed by atoms with Crippen LogP contribution < -0.4 is 15.8 Å². The zero-order valence-electron chi connectivity index (χ0n) is 12.2. The average molecular weight is 278 g/mol. The van der Waals surface area contributed by atoms with Gasteiger partial charge in [-0.3, -0.25) is 4.79 Å². The second-order valence-corrected chi connectivity index (χ2v) is 5.51. The summed E-state index contributed by atoms with van der Waals surface area (Å²) in [6, 6.07) is 7.28. The molecular formula is C15H22N2O3. The highest BCUT2D eigenvalue weighted by atomic mass is 16.5. The molecule has 1 heterocycles. The fourth-order valence-corrected chi connectivity index (χ4v) is 2.28. The average Bonchev–Trinajstić information content (AvgIpc) is 2.80. The van der Waals surface area contributed by atoms with Gasteiger partial charge in [-0.2, -0.15) is 0 Å². The molecule has 0 aliphatic carbocycles. The van der Waals surface area contributed by atoms with E-state index in [1.54, 1.807) is 7.11 Å². The number of nitrogens with one attached hydrogen (secondary N) is 1. The van der Waals surface area contributed by atoms with Crippen molar-refractivity contribution in [3.05, 3.63) is 29.8 Å². The van der Waals surface area contributed by atoms with Gasteiger partial charge in [-0.05, 0) is 31.5 Å². The Kier molecular flexibility index (Phi) is 4.30. The summed E-state index contributed by atoms with van der Waals surface area (Å²) < 4.78 is 10.5. The van der Waals surface area contributed by atoms with Gasteiger partial charge in [0.15, 0.2) is 0 Å². The first kappa shape index (κ1) is 14.8. The molecule has 3 N–H and O–H groups in total. The van der Waals surface area contributed by atoms with Crippen molar-refractivity contribution in [3.63, 3.8) is 0 Å². The molecule has 3 unspecified atom stereocenters. The zero-order valence-corrected chi connectivity index (χ0v) is 12.2. The van der Waals surface area contributed by atoms with E-state index < -0.39 is 5.41 Å². The maximum Gasteiger partial charge on any atom is 0.230 e. The molecule has 1 amide bonds. The second-order valence-electron chi connectivity index (χ2n) is 5.51. The van der Waals surface area contributed by atoms with Crippen LogP contribution in [0.3, 0.4) is 0 Å². The van der Waals surface area contributed by atoms with Crippen LogP contribution in [0.1, 0.15) is 25.5 Å². The summed E-state index contributed by atoms with van der Waals surface area (Å²) in [5, 5.41) is 3.01. The van der Waals surface area contributed by atoms with Crippen molar-refractivity contribution < 1.29 is 14.3 Å². The fraction of sp³-hybridized carbons (Fsp3) is 0.533. The third-order valence-electron chi connectivity index (χ3n) is 3.98. The van der Waals surface area contributed by atoms with Crippen LogP contribution in [0.2, 0.25) is 0 Å². The van der Waals surface area contributed by atoms with E-state index in [-0.39, 0.29) is 18.0 Å². The Balaban J connectivity index is 2.07. The van der Waals surface area contributed by atoms with E-state index in [4.69, 9.17) is 15.2 Å². The van der Waals surface area contributed by atoms with E-state index in [1.807, 2.05) is 38.1 Å². The molecule has 0 bridgehead atoms. The van der Waals surface area contributed by atoms with Gasteiger partial charge in [0.2, 0.25) is 5.91 Å². The first-order valence-electron chi connectivity index (χ1n) is 6.75. The summed E-state index contributed by atoms with van der Waals surface area (Å²) in [6.45, 7) is 4.58. The van der Waals surface area contributed by atoms with Crippen molar-refractivity contribution in [1.82, 2.24) is 5.32 Å². The van der Waals surface area contributed by atoms with Crippen LogP contribution in [0.4, 0.5) is 0 Å². The van der Waals surface area contributed by atoms with E-state index in [9.17, 15) is 4.79 Å². The van der Waals surface area contributed by atoms with Gasteiger partial charge in [-0.15, -0.1) is 0 Å². The third kappa shape index (κ3) is 2.78. The van der Waals surface area contributed by atoms with Gasteiger partial charge < -0.3 is 20.5 Å². The van der Waals surface area contributed by atoms with E-state index in [0.29, 0.717) is 13.2 Å². The predicted octanol–water partition coefficient (Wildman–Crippen LogP) is 1.24. The largest absolute Gasteiger partial charge is 0.497 e. The lowest BCUT2D eigenvalue weighted by molar-refractivity contribution is -0.131. The zero-order chi connectivity index (χ0) is 14.8. The number of nitrogens with two attached hydrogens (primary N) is 1. The summed E-state index contributed by atoms with van der Waals surface area (Å²) in [6.07, 6.45) is 0. The highest BCUT2D eigenvalue weighted by Gasteiger charge is 2.44. The lowest BCUT2D eigenvalue weighted by Gasteiger charge is -2.27. The first-order chi connectivity index (χ1) is 9.47. The smallest absolute Gasteiger partial charge is 0.230 e. The highest BCUT2D eigenvalue weighted by Crippen LogP contribution is 2.28. The second kappa shape index (κ2) is 5.81. The molecule has 110 valence electrons.